The second-order valence-corrected chi connectivity index (χ2v) is 3.73. The van der Waals surface area contributed by atoms with Crippen molar-refractivity contribution in [2.24, 2.45) is 11.7 Å². The van der Waals surface area contributed by atoms with Gasteiger partial charge in [0.05, 0.1) is 12.4 Å². The van der Waals surface area contributed by atoms with Crippen LogP contribution in [0.4, 0.5) is 0 Å². The zero-order valence-electron chi connectivity index (χ0n) is 9.55. The molecule has 84 valence electrons. The highest BCUT2D eigenvalue weighted by atomic mass is 16.5. The molecule has 1 unspecified atom stereocenters. The zero-order chi connectivity index (χ0) is 11.0. The van der Waals surface area contributed by atoms with E-state index in [1.54, 1.807) is 0 Å². The lowest BCUT2D eigenvalue weighted by Crippen LogP contribution is -2.33. The maximum Gasteiger partial charge on any atom is 0.0947 e. The van der Waals surface area contributed by atoms with Crippen LogP contribution < -0.4 is 5.73 Å². The normalized spacial score (nSPS) is 13.1. The van der Waals surface area contributed by atoms with E-state index in [4.69, 9.17) is 15.9 Å². The van der Waals surface area contributed by atoms with Crippen molar-refractivity contribution in [2.75, 3.05) is 33.4 Å². The standard InChI is InChI=1S/C10H23N3O/c1-4-6-14-7-5-13(3)8-9(2)10(11)12/h9H,4-8H2,1-3H3,(H3,11,12). The fourth-order valence-electron chi connectivity index (χ4n) is 1.12. The molecule has 14 heavy (non-hydrogen) atoms. The van der Waals surface area contributed by atoms with Crippen LogP contribution in [0.25, 0.3) is 0 Å². The maximum atomic E-state index is 7.26. The van der Waals surface area contributed by atoms with E-state index in [2.05, 4.69) is 11.8 Å². The molecule has 0 aromatic rings. The van der Waals surface area contributed by atoms with Crippen molar-refractivity contribution in [1.29, 1.82) is 5.41 Å². The lowest BCUT2D eigenvalue weighted by molar-refractivity contribution is 0.110. The van der Waals surface area contributed by atoms with E-state index in [0.29, 0.717) is 0 Å². The number of rotatable bonds is 8. The van der Waals surface area contributed by atoms with Crippen molar-refractivity contribution in [2.45, 2.75) is 20.3 Å². The minimum atomic E-state index is 0.131. The number of likely N-dealkylation sites (N-methyl/N-ethyl adjacent to an activating group) is 1. The molecule has 0 amide bonds. The molecule has 3 N–H and O–H groups in total. The molecule has 0 aliphatic carbocycles. The smallest absolute Gasteiger partial charge is 0.0947 e. The molecular formula is C10H23N3O. The number of hydrogen-bond acceptors (Lipinski definition) is 3. The van der Waals surface area contributed by atoms with Crippen LogP contribution in [0.15, 0.2) is 0 Å². The van der Waals surface area contributed by atoms with Gasteiger partial charge in [0.2, 0.25) is 0 Å². The van der Waals surface area contributed by atoms with E-state index in [-0.39, 0.29) is 11.8 Å². The number of nitrogens with two attached hydrogens (primary N) is 1. The second-order valence-electron chi connectivity index (χ2n) is 3.73. The van der Waals surface area contributed by atoms with Crippen LogP contribution in [0.2, 0.25) is 0 Å². The van der Waals surface area contributed by atoms with Gasteiger partial charge >= 0.3 is 0 Å². The van der Waals surface area contributed by atoms with Crippen molar-refractivity contribution < 1.29 is 4.74 Å². The highest BCUT2D eigenvalue weighted by Gasteiger charge is 2.08. The Bertz CT molecular complexity index is 161. The van der Waals surface area contributed by atoms with Gasteiger partial charge in [-0.3, -0.25) is 5.41 Å². The van der Waals surface area contributed by atoms with Gasteiger partial charge in [-0.05, 0) is 13.5 Å². The van der Waals surface area contributed by atoms with E-state index in [1.807, 2.05) is 14.0 Å². The summed E-state index contributed by atoms with van der Waals surface area (Å²) in [4.78, 5) is 2.14. The van der Waals surface area contributed by atoms with Crippen LogP contribution in [0.3, 0.4) is 0 Å². The van der Waals surface area contributed by atoms with Crippen molar-refractivity contribution in [3.8, 4) is 0 Å². The van der Waals surface area contributed by atoms with Crippen molar-refractivity contribution in [1.82, 2.24) is 4.90 Å². The molecule has 0 bridgehead atoms. The number of nitrogens with zero attached hydrogens (tertiary/aromatic N) is 1. The highest BCUT2D eigenvalue weighted by Crippen LogP contribution is 1.96. The van der Waals surface area contributed by atoms with Crippen LogP contribution in [0, 0.1) is 11.3 Å². The molecule has 0 radical (unpaired) electrons. The Hall–Kier alpha value is -0.610. The zero-order valence-corrected chi connectivity index (χ0v) is 9.55. The average Bonchev–Trinajstić information content (AvgIpc) is 2.12. The Morgan fingerprint density at radius 3 is 2.64 bits per heavy atom. The summed E-state index contributed by atoms with van der Waals surface area (Å²) in [6, 6.07) is 0. The summed E-state index contributed by atoms with van der Waals surface area (Å²) in [7, 11) is 2.02. The van der Waals surface area contributed by atoms with E-state index < -0.39 is 0 Å². The molecule has 0 rings (SSSR count). The predicted molar refractivity (Wildman–Crippen MR) is 59.7 cm³/mol. The van der Waals surface area contributed by atoms with Gasteiger partial charge in [0.15, 0.2) is 0 Å². The summed E-state index contributed by atoms with van der Waals surface area (Å²) in [6.07, 6.45) is 1.06. The number of ether oxygens (including phenoxy) is 1. The van der Waals surface area contributed by atoms with Crippen LogP contribution in [-0.2, 0) is 4.74 Å². The Balaban J connectivity index is 3.45. The fourth-order valence-corrected chi connectivity index (χ4v) is 1.12. The highest BCUT2D eigenvalue weighted by molar-refractivity contribution is 5.79. The van der Waals surface area contributed by atoms with Gasteiger partial charge in [0.25, 0.3) is 0 Å². The molecule has 0 aliphatic rings. The summed E-state index contributed by atoms with van der Waals surface area (Å²) in [6.45, 7) is 7.38. The van der Waals surface area contributed by atoms with Crippen LogP contribution in [-0.4, -0.2) is 44.1 Å². The van der Waals surface area contributed by atoms with Gasteiger partial charge in [-0.25, -0.2) is 0 Å². The molecule has 0 heterocycles. The largest absolute Gasteiger partial charge is 0.387 e. The Kier molecular flexibility index (Phi) is 7.42. The van der Waals surface area contributed by atoms with Gasteiger partial charge in [-0.15, -0.1) is 0 Å². The van der Waals surface area contributed by atoms with Gasteiger partial charge in [0.1, 0.15) is 0 Å². The molecule has 0 fully saturated rings. The van der Waals surface area contributed by atoms with E-state index in [9.17, 15) is 0 Å². The molecule has 0 aromatic heterocycles. The van der Waals surface area contributed by atoms with Crippen molar-refractivity contribution in [3.05, 3.63) is 0 Å². The van der Waals surface area contributed by atoms with E-state index in [1.165, 1.54) is 0 Å². The Labute approximate surface area is 86.9 Å². The van der Waals surface area contributed by atoms with Gasteiger partial charge in [-0.1, -0.05) is 13.8 Å². The van der Waals surface area contributed by atoms with Gasteiger partial charge in [0, 0.05) is 25.6 Å². The molecule has 0 aromatic carbocycles. The number of nitrogens with one attached hydrogen (secondary N) is 1. The van der Waals surface area contributed by atoms with Crippen molar-refractivity contribution in [3.63, 3.8) is 0 Å². The number of amidine groups is 1. The minimum absolute atomic E-state index is 0.131. The monoisotopic (exact) mass is 201 g/mol. The first-order valence-corrected chi connectivity index (χ1v) is 5.18. The summed E-state index contributed by atoms with van der Waals surface area (Å²) in [5, 5.41) is 7.26. The van der Waals surface area contributed by atoms with Gasteiger partial charge in [-0.2, -0.15) is 0 Å². The second kappa shape index (κ2) is 7.76. The molecule has 0 spiro atoms. The summed E-state index contributed by atoms with van der Waals surface area (Å²) in [5.41, 5.74) is 5.39. The van der Waals surface area contributed by atoms with Crippen LogP contribution >= 0.6 is 0 Å². The number of hydrogen-bond donors (Lipinski definition) is 2. The van der Waals surface area contributed by atoms with Crippen LogP contribution in [0.1, 0.15) is 20.3 Å². The molecule has 4 nitrogen and oxygen atoms in total. The average molecular weight is 201 g/mol. The molecule has 0 saturated heterocycles. The molecule has 4 heteroatoms. The van der Waals surface area contributed by atoms with E-state index in [0.717, 1.165) is 32.7 Å². The third kappa shape index (κ3) is 6.86. The topological polar surface area (TPSA) is 62.3 Å². The first kappa shape index (κ1) is 13.4. The molecule has 1 atom stereocenters. The van der Waals surface area contributed by atoms with E-state index >= 15 is 0 Å². The van der Waals surface area contributed by atoms with Crippen molar-refractivity contribution >= 4 is 5.84 Å². The lowest BCUT2D eigenvalue weighted by Gasteiger charge is -2.20. The summed E-state index contributed by atoms with van der Waals surface area (Å²) >= 11 is 0. The SMILES string of the molecule is CCCOCCN(C)CC(C)C(=N)N. The summed E-state index contributed by atoms with van der Waals surface area (Å²) < 4.78 is 5.37. The first-order chi connectivity index (χ1) is 6.57. The molecule has 0 aliphatic heterocycles. The van der Waals surface area contributed by atoms with Gasteiger partial charge < -0.3 is 15.4 Å². The van der Waals surface area contributed by atoms with Crippen LogP contribution in [0.5, 0.6) is 0 Å². The predicted octanol–water partition coefficient (Wildman–Crippen LogP) is 0.917. The minimum Gasteiger partial charge on any atom is -0.387 e. The Morgan fingerprint density at radius 2 is 2.14 bits per heavy atom. The molecular weight excluding hydrogens is 178 g/mol. The maximum absolute atomic E-state index is 7.26. The fraction of sp³-hybridized carbons (Fsp3) is 0.900. The Morgan fingerprint density at radius 1 is 1.50 bits per heavy atom. The third-order valence-corrected chi connectivity index (χ3v) is 2.08. The third-order valence-electron chi connectivity index (χ3n) is 2.08. The molecule has 0 saturated carbocycles. The quantitative estimate of drug-likeness (QED) is 0.349. The lowest BCUT2D eigenvalue weighted by atomic mass is 10.1. The first-order valence-electron chi connectivity index (χ1n) is 5.18. The summed E-state index contributed by atoms with van der Waals surface area (Å²) in [5.74, 6) is 0.387.